The van der Waals surface area contributed by atoms with Crippen LogP contribution in [0.4, 0.5) is 0 Å². The summed E-state index contributed by atoms with van der Waals surface area (Å²) in [6.45, 7) is 7.42. The number of imidazole rings is 1. The van der Waals surface area contributed by atoms with Gasteiger partial charge < -0.3 is 10.0 Å². The molecule has 1 aliphatic heterocycles. The second-order valence-electron chi connectivity index (χ2n) is 9.28. The molecule has 1 amide bonds. The van der Waals surface area contributed by atoms with Crippen LogP contribution in [0.3, 0.4) is 0 Å². The number of amides is 1. The van der Waals surface area contributed by atoms with Gasteiger partial charge in [-0.15, -0.1) is 0 Å². The number of aromatic nitrogens is 3. The summed E-state index contributed by atoms with van der Waals surface area (Å²) in [6.07, 6.45) is 9.23. The SMILES string of the molecule is CC(C)(C)c1ccc(C2C(=C([O-])c3ccncc3)C(=O)C(=O)N2CCC[n+]2cc[nH]c2)cc1. The summed E-state index contributed by atoms with van der Waals surface area (Å²) in [5, 5.41) is 13.3. The third-order valence-corrected chi connectivity index (χ3v) is 5.98. The van der Waals surface area contributed by atoms with Crippen molar-refractivity contribution in [1.82, 2.24) is 14.9 Å². The van der Waals surface area contributed by atoms with Crippen molar-refractivity contribution in [3.05, 3.63) is 89.8 Å². The lowest BCUT2D eigenvalue weighted by molar-refractivity contribution is -0.695. The molecule has 1 fully saturated rings. The summed E-state index contributed by atoms with van der Waals surface area (Å²) in [5.41, 5.74) is 2.21. The first-order chi connectivity index (χ1) is 15.8. The van der Waals surface area contributed by atoms with Gasteiger partial charge in [-0.1, -0.05) is 50.8 Å². The smallest absolute Gasteiger partial charge is 0.295 e. The summed E-state index contributed by atoms with van der Waals surface area (Å²) >= 11 is 0. The zero-order valence-corrected chi connectivity index (χ0v) is 19.1. The number of pyridine rings is 1. The standard InChI is InChI=1S/C26H28N4O3/c1-26(2,3)20-7-5-18(6-8-20)22-21(23(31)19-9-11-27-12-10-19)24(32)25(33)30(22)15-4-14-29-16-13-28-17-29/h5-13,16-17,22H,4,14-15H2,1-3H3,(H,31,32). The number of hydrogen-bond acceptors (Lipinski definition) is 4. The molecule has 7 heteroatoms. The molecule has 0 radical (unpaired) electrons. The first kappa shape index (κ1) is 22.5. The predicted octanol–water partition coefficient (Wildman–Crippen LogP) is 2.31. The van der Waals surface area contributed by atoms with Crippen LogP contribution >= 0.6 is 0 Å². The molecule has 0 bridgehead atoms. The van der Waals surface area contributed by atoms with Crippen molar-refractivity contribution in [2.24, 2.45) is 0 Å². The third-order valence-electron chi connectivity index (χ3n) is 5.98. The van der Waals surface area contributed by atoms with E-state index in [2.05, 4.69) is 30.7 Å². The molecule has 1 aromatic carbocycles. The van der Waals surface area contributed by atoms with E-state index in [-0.39, 0.29) is 11.0 Å². The molecule has 7 nitrogen and oxygen atoms in total. The number of ketones is 1. The number of H-pyrrole nitrogens is 1. The maximum absolute atomic E-state index is 13.3. The highest BCUT2D eigenvalue weighted by atomic mass is 16.3. The van der Waals surface area contributed by atoms with E-state index >= 15 is 0 Å². The van der Waals surface area contributed by atoms with Gasteiger partial charge in [-0.2, -0.15) is 0 Å². The number of carbonyl (C=O) groups is 2. The summed E-state index contributed by atoms with van der Waals surface area (Å²) in [4.78, 5) is 34.6. The molecule has 3 aromatic rings. The number of benzene rings is 1. The monoisotopic (exact) mass is 444 g/mol. The van der Waals surface area contributed by atoms with Gasteiger partial charge in [-0.3, -0.25) is 19.6 Å². The van der Waals surface area contributed by atoms with Crippen LogP contribution in [-0.2, 0) is 21.5 Å². The van der Waals surface area contributed by atoms with Gasteiger partial charge in [0.2, 0.25) is 12.1 Å². The van der Waals surface area contributed by atoms with Gasteiger partial charge in [0.1, 0.15) is 12.4 Å². The summed E-state index contributed by atoms with van der Waals surface area (Å²) in [7, 11) is 0. The number of carbonyl (C=O) groups excluding carboxylic acids is 2. The fourth-order valence-electron chi connectivity index (χ4n) is 4.15. The molecule has 1 aliphatic rings. The number of rotatable bonds is 6. The van der Waals surface area contributed by atoms with Gasteiger partial charge in [0.05, 0.1) is 12.6 Å². The molecule has 3 heterocycles. The van der Waals surface area contributed by atoms with Crippen molar-refractivity contribution < 1.29 is 19.3 Å². The van der Waals surface area contributed by atoms with Crippen molar-refractivity contribution in [3.8, 4) is 0 Å². The van der Waals surface area contributed by atoms with E-state index in [4.69, 9.17) is 0 Å². The zero-order chi connectivity index (χ0) is 23.6. The topological polar surface area (TPSA) is 93.0 Å². The molecule has 0 aliphatic carbocycles. The molecule has 4 rings (SSSR count). The Morgan fingerprint density at radius 1 is 1.12 bits per heavy atom. The van der Waals surface area contributed by atoms with E-state index in [0.717, 1.165) is 11.1 Å². The van der Waals surface area contributed by atoms with E-state index in [1.54, 1.807) is 12.1 Å². The highest BCUT2D eigenvalue weighted by Gasteiger charge is 2.44. The Bertz CT molecular complexity index is 1160. The van der Waals surface area contributed by atoms with Crippen molar-refractivity contribution >= 4 is 17.4 Å². The summed E-state index contributed by atoms with van der Waals surface area (Å²) in [6, 6.07) is 10.3. The van der Waals surface area contributed by atoms with Crippen LogP contribution in [0.5, 0.6) is 0 Å². The van der Waals surface area contributed by atoms with Gasteiger partial charge in [-0.25, -0.2) is 4.57 Å². The van der Waals surface area contributed by atoms with Crippen LogP contribution in [0.25, 0.3) is 5.76 Å². The molecule has 33 heavy (non-hydrogen) atoms. The largest absolute Gasteiger partial charge is 0.872 e. The minimum absolute atomic E-state index is 0.00371. The molecular formula is C26H28N4O3. The highest BCUT2D eigenvalue weighted by molar-refractivity contribution is 6.46. The van der Waals surface area contributed by atoms with Crippen molar-refractivity contribution in [3.63, 3.8) is 0 Å². The molecule has 1 N–H and O–H groups in total. The van der Waals surface area contributed by atoms with Crippen molar-refractivity contribution in [2.75, 3.05) is 6.54 Å². The first-order valence-electron chi connectivity index (χ1n) is 11.1. The number of aromatic amines is 1. The van der Waals surface area contributed by atoms with Crippen molar-refractivity contribution in [1.29, 1.82) is 0 Å². The van der Waals surface area contributed by atoms with Gasteiger partial charge in [0, 0.05) is 30.9 Å². The van der Waals surface area contributed by atoms with Crippen molar-refractivity contribution in [2.45, 2.75) is 45.2 Å². The molecule has 2 aromatic heterocycles. The maximum Gasteiger partial charge on any atom is 0.295 e. The Morgan fingerprint density at radius 3 is 2.42 bits per heavy atom. The minimum atomic E-state index is -0.726. The van der Waals surface area contributed by atoms with Crippen LogP contribution in [-0.4, -0.2) is 33.1 Å². The molecule has 1 unspecified atom stereocenters. The van der Waals surface area contributed by atoms with Crippen LogP contribution in [0.1, 0.15) is 49.9 Å². The Kier molecular flexibility index (Phi) is 6.14. The lowest BCUT2D eigenvalue weighted by Gasteiger charge is -2.28. The predicted molar refractivity (Wildman–Crippen MR) is 121 cm³/mol. The van der Waals surface area contributed by atoms with E-state index in [0.29, 0.717) is 25.1 Å². The summed E-state index contributed by atoms with van der Waals surface area (Å²) in [5.74, 6) is -1.78. The van der Waals surface area contributed by atoms with Crippen LogP contribution in [0.2, 0.25) is 0 Å². The lowest BCUT2D eigenvalue weighted by atomic mass is 9.85. The Hall–Kier alpha value is -3.74. The zero-order valence-electron chi connectivity index (χ0n) is 19.1. The fraction of sp³-hybridized carbons (Fsp3) is 0.308. The van der Waals surface area contributed by atoms with Crippen LogP contribution < -0.4 is 9.67 Å². The quantitative estimate of drug-likeness (QED) is 0.273. The molecule has 0 spiro atoms. The van der Waals surface area contributed by atoms with Crippen LogP contribution in [0, 0.1) is 0 Å². The first-order valence-corrected chi connectivity index (χ1v) is 11.1. The Balaban J connectivity index is 1.73. The minimum Gasteiger partial charge on any atom is -0.872 e. The number of nitrogens with zero attached hydrogens (tertiary/aromatic N) is 3. The molecular weight excluding hydrogens is 416 g/mol. The van der Waals surface area contributed by atoms with Gasteiger partial charge >= 0.3 is 0 Å². The summed E-state index contributed by atoms with van der Waals surface area (Å²) < 4.78 is 1.97. The molecule has 1 saturated heterocycles. The average Bonchev–Trinajstić information content (AvgIpc) is 3.41. The van der Waals surface area contributed by atoms with Gasteiger partial charge in [0.15, 0.2) is 0 Å². The highest BCUT2D eigenvalue weighted by Crippen LogP contribution is 2.39. The number of nitrogens with one attached hydrogen (secondary N) is 1. The molecule has 0 saturated carbocycles. The van der Waals surface area contributed by atoms with Gasteiger partial charge in [0.25, 0.3) is 5.91 Å². The van der Waals surface area contributed by atoms with E-state index in [1.807, 2.05) is 47.6 Å². The molecule has 170 valence electrons. The Morgan fingerprint density at radius 2 is 1.82 bits per heavy atom. The second kappa shape index (κ2) is 9.02. The van der Waals surface area contributed by atoms with E-state index < -0.39 is 23.5 Å². The normalized spacial score (nSPS) is 18.2. The second-order valence-corrected chi connectivity index (χ2v) is 9.28. The lowest BCUT2D eigenvalue weighted by Crippen LogP contribution is -2.36. The average molecular weight is 445 g/mol. The number of hydrogen-bond donors (Lipinski definition) is 1. The fourth-order valence-corrected chi connectivity index (χ4v) is 4.15. The number of aryl methyl sites for hydroxylation is 1. The Labute approximate surface area is 193 Å². The van der Waals surface area contributed by atoms with Crippen LogP contribution in [0.15, 0.2) is 73.1 Å². The number of Topliss-reactive ketones (excluding diaryl/α,β-unsaturated/α-hetero) is 1. The van der Waals surface area contributed by atoms with E-state index in [9.17, 15) is 14.7 Å². The maximum atomic E-state index is 13.3. The molecule has 1 atom stereocenters. The number of likely N-dealkylation sites (tertiary alicyclic amines) is 1. The van der Waals surface area contributed by atoms with Gasteiger partial charge in [-0.05, 0) is 34.2 Å². The van der Waals surface area contributed by atoms with E-state index in [1.165, 1.54) is 17.3 Å². The third kappa shape index (κ3) is 4.58.